The fourth-order valence-electron chi connectivity index (χ4n) is 4.38. The smallest absolute Gasteiger partial charge is 0.309 e. The molecule has 0 aliphatic heterocycles. The minimum atomic E-state index is -0.533. The highest BCUT2D eigenvalue weighted by Crippen LogP contribution is 2.41. The Kier molecular flexibility index (Phi) is 7.32. The number of aromatic nitrogens is 2. The minimum absolute atomic E-state index is 0.131. The number of nitrogens with one attached hydrogen (secondary N) is 1. The van der Waals surface area contributed by atoms with Crippen molar-refractivity contribution in [2.45, 2.75) is 20.3 Å². The lowest BCUT2D eigenvalue weighted by atomic mass is 10.00. The predicted octanol–water partition coefficient (Wildman–Crippen LogP) is 6.76. The number of nitrogens with zero attached hydrogens (tertiary/aromatic N) is 2. The zero-order valence-electron chi connectivity index (χ0n) is 21.5. The van der Waals surface area contributed by atoms with E-state index in [2.05, 4.69) is 5.32 Å². The Morgan fingerprint density at radius 3 is 2.31 bits per heavy atom. The van der Waals surface area contributed by atoms with Gasteiger partial charge in [0.2, 0.25) is 11.8 Å². The molecule has 1 N–H and O–H groups in total. The van der Waals surface area contributed by atoms with Crippen molar-refractivity contribution >= 4 is 17.6 Å². The molecule has 0 aliphatic rings. The van der Waals surface area contributed by atoms with Crippen LogP contribution in [-0.4, -0.2) is 21.7 Å². The second-order valence-electron chi connectivity index (χ2n) is 9.17. The summed E-state index contributed by atoms with van der Waals surface area (Å²) in [5, 5.41) is 7.70. The van der Waals surface area contributed by atoms with E-state index in [1.807, 2.05) is 73.7 Å². The van der Waals surface area contributed by atoms with Crippen LogP contribution in [0.25, 0.3) is 28.1 Å². The van der Waals surface area contributed by atoms with E-state index in [-0.39, 0.29) is 18.2 Å². The van der Waals surface area contributed by atoms with Crippen LogP contribution >= 0.6 is 0 Å². The van der Waals surface area contributed by atoms with Gasteiger partial charge in [-0.3, -0.25) is 9.59 Å². The van der Waals surface area contributed by atoms with E-state index < -0.39 is 11.8 Å². The van der Waals surface area contributed by atoms with Crippen molar-refractivity contribution in [3.63, 3.8) is 0 Å². The standard InChI is InChI=1S/C32H26FN3O3/c1-21-8-6-11-25(18-21)31-30(32(39-22(2)37)36(35-31)28-13-7-12-26(33)20-28)24-14-16-27(17-15-24)34-29(38)19-23-9-4-3-5-10-23/h3-18,20H,19H2,1-2H3,(H,34,38). The molecule has 1 aromatic heterocycles. The quantitative estimate of drug-likeness (QED) is 0.241. The lowest BCUT2D eigenvalue weighted by molar-refractivity contribution is -0.132. The Hall–Kier alpha value is -5.04. The molecule has 6 nitrogen and oxygen atoms in total. The molecule has 194 valence electrons. The molecule has 0 spiro atoms. The van der Waals surface area contributed by atoms with E-state index in [0.29, 0.717) is 28.2 Å². The fraction of sp³-hybridized carbons (Fsp3) is 0.0938. The molecule has 0 bridgehead atoms. The highest BCUT2D eigenvalue weighted by molar-refractivity contribution is 5.93. The second kappa shape index (κ2) is 11.1. The monoisotopic (exact) mass is 519 g/mol. The summed E-state index contributed by atoms with van der Waals surface area (Å²) < 4.78 is 21.3. The Balaban J connectivity index is 1.57. The molecule has 5 aromatic rings. The molecule has 5 rings (SSSR count). The van der Waals surface area contributed by atoms with Crippen LogP contribution in [0.1, 0.15) is 18.1 Å². The van der Waals surface area contributed by atoms with Gasteiger partial charge in [0.25, 0.3) is 0 Å². The summed E-state index contributed by atoms with van der Waals surface area (Å²) in [6.45, 7) is 3.29. The Labute approximate surface area is 225 Å². The largest absolute Gasteiger partial charge is 0.407 e. The van der Waals surface area contributed by atoms with E-state index in [1.54, 1.807) is 24.3 Å². The van der Waals surface area contributed by atoms with Crippen LogP contribution < -0.4 is 10.1 Å². The number of ether oxygens (including phenoxy) is 1. The molecule has 0 fully saturated rings. The van der Waals surface area contributed by atoms with Gasteiger partial charge in [0.15, 0.2) is 0 Å². The van der Waals surface area contributed by atoms with Crippen LogP contribution in [0.5, 0.6) is 5.88 Å². The van der Waals surface area contributed by atoms with Crippen molar-refractivity contribution in [2.75, 3.05) is 5.32 Å². The van der Waals surface area contributed by atoms with Gasteiger partial charge in [0.05, 0.1) is 17.7 Å². The lowest BCUT2D eigenvalue weighted by Crippen LogP contribution is -2.14. The molecule has 0 saturated heterocycles. The van der Waals surface area contributed by atoms with Gasteiger partial charge in [0.1, 0.15) is 11.5 Å². The molecule has 1 amide bonds. The first-order valence-electron chi connectivity index (χ1n) is 12.5. The summed E-state index contributed by atoms with van der Waals surface area (Å²) in [4.78, 5) is 24.7. The normalized spacial score (nSPS) is 10.7. The van der Waals surface area contributed by atoms with Gasteiger partial charge in [0, 0.05) is 18.2 Å². The zero-order chi connectivity index (χ0) is 27.4. The summed E-state index contributed by atoms with van der Waals surface area (Å²) in [5.74, 6) is -0.931. The SMILES string of the molecule is CC(=O)Oc1c(-c2ccc(NC(=O)Cc3ccccc3)cc2)c(-c2cccc(C)c2)nn1-c1cccc(F)c1. The van der Waals surface area contributed by atoms with Gasteiger partial charge in [-0.15, -0.1) is 0 Å². The third-order valence-corrected chi connectivity index (χ3v) is 6.09. The predicted molar refractivity (Wildman–Crippen MR) is 149 cm³/mol. The van der Waals surface area contributed by atoms with Gasteiger partial charge >= 0.3 is 5.97 Å². The summed E-state index contributed by atoms with van der Waals surface area (Å²) >= 11 is 0. The average Bonchev–Trinajstić information content (AvgIpc) is 3.28. The maximum Gasteiger partial charge on any atom is 0.309 e. The number of benzene rings is 4. The summed E-state index contributed by atoms with van der Waals surface area (Å²) in [6.07, 6.45) is 0.261. The van der Waals surface area contributed by atoms with Crippen molar-refractivity contribution in [3.05, 3.63) is 120 Å². The Morgan fingerprint density at radius 1 is 0.872 bits per heavy atom. The maximum atomic E-state index is 14.2. The van der Waals surface area contributed by atoms with Gasteiger partial charge in [-0.2, -0.15) is 9.78 Å². The van der Waals surface area contributed by atoms with E-state index in [9.17, 15) is 14.0 Å². The van der Waals surface area contributed by atoms with Crippen molar-refractivity contribution in [1.29, 1.82) is 0 Å². The number of rotatable bonds is 7. The molecular weight excluding hydrogens is 493 g/mol. The molecule has 0 saturated carbocycles. The first-order valence-corrected chi connectivity index (χ1v) is 12.5. The topological polar surface area (TPSA) is 73.2 Å². The van der Waals surface area contributed by atoms with Gasteiger partial charge in [-0.1, -0.05) is 72.3 Å². The average molecular weight is 520 g/mol. The van der Waals surface area contributed by atoms with Gasteiger partial charge in [-0.25, -0.2) is 4.39 Å². The molecule has 7 heteroatoms. The molecule has 0 aliphatic carbocycles. The number of hydrogen-bond acceptors (Lipinski definition) is 4. The summed E-state index contributed by atoms with van der Waals surface area (Å²) in [5.41, 5.74) is 5.66. The lowest BCUT2D eigenvalue weighted by Gasteiger charge is -2.11. The summed E-state index contributed by atoms with van der Waals surface area (Å²) in [7, 11) is 0. The fourth-order valence-corrected chi connectivity index (χ4v) is 4.38. The Morgan fingerprint density at radius 2 is 1.62 bits per heavy atom. The number of anilines is 1. The van der Waals surface area contributed by atoms with Gasteiger partial charge in [-0.05, 0) is 54.4 Å². The molecular formula is C32H26FN3O3. The maximum absolute atomic E-state index is 14.2. The number of aryl methyl sites for hydroxylation is 1. The molecule has 0 radical (unpaired) electrons. The summed E-state index contributed by atoms with van der Waals surface area (Å²) in [6, 6.07) is 30.5. The number of amides is 1. The molecule has 0 unspecified atom stereocenters. The highest BCUT2D eigenvalue weighted by atomic mass is 19.1. The molecule has 1 heterocycles. The number of halogens is 1. The van der Waals surface area contributed by atoms with Crippen LogP contribution in [0.4, 0.5) is 10.1 Å². The third kappa shape index (κ3) is 5.93. The van der Waals surface area contributed by atoms with Crippen molar-refractivity contribution < 1.29 is 18.7 Å². The number of carbonyl (C=O) groups is 2. The number of hydrogen-bond donors (Lipinski definition) is 1. The molecule has 39 heavy (non-hydrogen) atoms. The van der Waals surface area contributed by atoms with E-state index in [1.165, 1.54) is 23.7 Å². The van der Waals surface area contributed by atoms with Crippen LogP contribution in [0, 0.1) is 12.7 Å². The van der Waals surface area contributed by atoms with Crippen molar-refractivity contribution in [2.24, 2.45) is 0 Å². The number of esters is 1. The highest BCUT2D eigenvalue weighted by Gasteiger charge is 2.25. The second-order valence-corrected chi connectivity index (χ2v) is 9.17. The van der Waals surface area contributed by atoms with Crippen LogP contribution in [0.15, 0.2) is 103 Å². The first kappa shape index (κ1) is 25.6. The van der Waals surface area contributed by atoms with Crippen LogP contribution in [0.2, 0.25) is 0 Å². The Bertz CT molecular complexity index is 1640. The van der Waals surface area contributed by atoms with E-state index in [4.69, 9.17) is 9.84 Å². The molecule has 4 aromatic carbocycles. The van der Waals surface area contributed by atoms with Crippen LogP contribution in [-0.2, 0) is 16.0 Å². The number of carbonyl (C=O) groups excluding carboxylic acids is 2. The van der Waals surface area contributed by atoms with E-state index >= 15 is 0 Å². The molecule has 0 atom stereocenters. The minimum Gasteiger partial charge on any atom is -0.407 e. The van der Waals surface area contributed by atoms with Crippen LogP contribution in [0.3, 0.4) is 0 Å². The van der Waals surface area contributed by atoms with Crippen molar-refractivity contribution in [3.8, 4) is 34.0 Å². The third-order valence-electron chi connectivity index (χ3n) is 6.09. The van der Waals surface area contributed by atoms with Crippen molar-refractivity contribution in [1.82, 2.24) is 9.78 Å². The van der Waals surface area contributed by atoms with E-state index in [0.717, 1.165) is 16.7 Å². The zero-order valence-corrected chi connectivity index (χ0v) is 21.5. The first-order chi connectivity index (χ1) is 18.9. The van der Waals surface area contributed by atoms with Gasteiger partial charge < -0.3 is 10.1 Å².